The number of hydrogen-bond donors (Lipinski definition) is 2. The molecule has 1 aliphatic rings. The van der Waals surface area contributed by atoms with E-state index in [4.69, 9.17) is 5.73 Å². The summed E-state index contributed by atoms with van der Waals surface area (Å²) in [7, 11) is 0. The number of rotatable bonds is 4. The highest BCUT2D eigenvalue weighted by Gasteiger charge is 2.33. The van der Waals surface area contributed by atoms with E-state index in [1.165, 1.54) is 24.2 Å². The molecule has 0 bridgehead atoms. The van der Waals surface area contributed by atoms with Crippen LogP contribution in [0.3, 0.4) is 0 Å². The van der Waals surface area contributed by atoms with Crippen LogP contribution >= 0.6 is 11.3 Å². The number of thiazole rings is 1. The Kier molecular flexibility index (Phi) is 4.81. The molecule has 4 nitrogen and oxygen atoms in total. The van der Waals surface area contributed by atoms with Gasteiger partial charge in [0.2, 0.25) is 0 Å². The van der Waals surface area contributed by atoms with Crippen molar-refractivity contribution in [1.82, 2.24) is 4.98 Å². The lowest BCUT2D eigenvalue weighted by Gasteiger charge is -2.25. The summed E-state index contributed by atoms with van der Waals surface area (Å²) in [5.74, 6) is -0.479. The first-order valence-corrected chi connectivity index (χ1v) is 8.26. The van der Waals surface area contributed by atoms with Crippen LogP contribution in [0.15, 0.2) is 0 Å². The lowest BCUT2D eigenvalue weighted by molar-refractivity contribution is 0.0700. The largest absolute Gasteiger partial charge is 0.477 e. The van der Waals surface area contributed by atoms with Gasteiger partial charge >= 0.3 is 5.97 Å². The van der Waals surface area contributed by atoms with Gasteiger partial charge in [0.25, 0.3) is 0 Å². The molecule has 1 saturated carbocycles. The zero-order chi connectivity index (χ0) is 14.8. The van der Waals surface area contributed by atoms with Gasteiger partial charge in [-0.1, -0.05) is 39.5 Å². The van der Waals surface area contributed by atoms with Gasteiger partial charge in [0.15, 0.2) is 0 Å². The van der Waals surface area contributed by atoms with Crippen molar-refractivity contribution < 1.29 is 9.90 Å². The van der Waals surface area contributed by atoms with Crippen molar-refractivity contribution in [2.45, 2.75) is 64.3 Å². The van der Waals surface area contributed by atoms with Gasteiger partial charge < -0.3 is 10.8 Å². The SMILES string of the molecule is CC(C)Cc1nc(C2(N)CCCCCC2)sc1C(=O)O. The summed E-state index contributed by atoms with van der Waals surface area (Å²) in [4.78, 5) is 16.4. The minimum Gasteiger partial charge on any atom is -0.477 e. The molecule has 0 radical (unpaired) electrons. The number of carbonyl (C=O) groups is 1. The van der Waals surface area contributed by atoms with E-state index in [2.05, 4.69) is 18.8 Å². The zero-order valence-electron chi connectivity index (χ0n) is 12.3. The fraction of sp³-hybridized carbons (Fsp3) is 0.733. The van der Waals surface area contributed by atoms with Crippen LogP contribution in [0.5, 0.6) is 0 Å². The summed E-state index contributed by atoms with van der Waals surface area (Å²) in [6.07, 6.45) is 7.19. The monoisotopic (exact) mass is 296 g/mol. The van der Waals surface area contributed by atoms with Gasteiger partial charge in [-0.25, -0.2) is 9.78 Å². The predicted octanol–water partition coefficient (Wildman–Crippen LogP) is 3.55. The van der Waals surface area contributed by atoms with Gasteiger partial charge in [0.05, 0.1) is 11.2 Å². The van der Waals surface area contributed by atoms with E-state index in [1.807, 2.05) is 0 Å². The molecular weight excluding hydrogens is 272 g/mol. The molecule has 0 aliphatic heterocycles. The lowest BCUT2D eigenvalue weighted by Crippen LogP contribution is -2.35. The number of hydrogen-bond acceptors (Lipinski definition) is 4. The van der Waals surface area contributed by atoms with Crippen LogP contribution in [0.2, 0.25) is 0 Å². The molecule has 112 valence electrons. The Labute approximate surface area is 124 Å². The van der Waals surface area contributed by atoms with Crippen molar-refractivity contribution in [3.8, 4) is 0 Å². The highest BCUT2D eigenvalue weighted by atomic mass is 32.1. The Morgan fingerprint density at radius 3 is 2.45 bits per heavy atom. The van der Waals surface area contributed by atoms with Gasteiger partial charge in [-0.3, -0.25) is 0 Å². The van der Waals surface area contributed by atoms with E-state index in [-0.39, 0.29) is 0 Å². The molecule has 1 aromatic heterocycles. The van der Waals surface area contributed by atoms with E-state index in [1.54, 1.807) is 0 Å². The first-order chi connectivity index (χ1) is 9.42. The second kappa shape index (κ2) is 6.22. The maximum Gasteiger partial charge on any atom is 0.347 e. The molecule has 1 aromatic rings. The maximum absolute atomic E-state index is 11.4. The van der Waals surface area contributed by atoms with Crippen LogP contribution in [0.4, 0.5) is 0 Å². The summed E-state index contributed by atoms with van der Waals surface area (Å²) >= 11 is 1.29. The highest BCUT2D eigenvalue weighted by Crippen LogP contribution is 2.37. The van der Waals surface area contributed by atoms with Crippen LogP contribution in [0.1, 0.15) is 72.7 Å². The van der Waals surface area contributed by atoms with Crippen molar-refractivity contribution in [3.05, 3.63) is 15.6 Å². The lowest BCUT2D eigenvalue weighted by atomic mass is 9.92. The summed E-state index contributed by atoms with van der Waals surface area (Å²) in [6.45, 7) is 4.16. The number of aromatic nitrogens is 1. The molecule has 5 heteroatoms. The molecule has 0 amide bonds. The van der Waals surface area contributed by atoms with E-state index < -0.39 is 11.5 Å². The molecule has 1 aliphatic carbocycles. The fourth-order valence-electron chi connectivity index (χ4n) is 2.83. The second-order valence-corrected chi connectivity index (χ2v) is 7.27. The summed E-state index contributed by atoms with van der Waals surface area (Å²) in [5.41, 5.74) is 6.84. The molecule has 0 saturated heterocycles. The maximum atomic E-state index is 11.4. The van der Waals surface area contributed by atoms with Gasteiger partial charge in [-0.15, -0.1) is 11.3 Å². The summed E-state index contributed by atoms with van der Waals surface area (Å²) in [6, 6.07) is 0. The third kappa shape index (κ3) is 3.38. The number of carboxylic acids is 1. The van der Waals surface area contributed by atoms with E-state index >= 15 is 0 Å². The molecule has 1 fully saturated rings. The van der Waals surface area contributed by atoms with Crippen molar-refractivity contribution in [2.75, 3.05) is 0 Å². The molecular formula is C15H24N2O2S. The van der Waals surface area contributed by atoms with E-state index in [0.29, 0.717) is 22.9 Å². The molecule has 20 heavy (non-hydrogen) atoms. The number of nitrogens with two attached hydrogens (primary N) is 1. The average molecular weight is 296 g/mol. The third-order valence-corrected chi connectivity index (χ3v) is 5.22. The minimum atomic E-state index is -0.873. The van der Waals surface area contributed by atoms with Crippen molar-refractivity contribution in [3.63, 3.8) is 0 Å². The summed E-state index contributed by atoms with van der Waals surface area (Å²) < 4.78 is 0. The summed E-state index contributed by atoms with van der Waals surface area (Å²) in [5, 5.41) is 10.2. The van der Waals surface area contributed by atoms with Gasteiger partial charge in [0, 0.05) is 0 Å². The van der Waals surface area contributed by atoms with Crippen molar-refractivity contribution >= 4 is 17.3 Å². The van der Waals surface area contributed by atoms with E-state index in [9.17, 15) is 9.90 Å². The highest BCUT2D eigenvalue weighted by molar-refractivity contribution is 7.13. The first kappa shape index (κ1) is 15.4. The smallest absolute Gasteiger partial charge is 0.347 e. The topological polar surface area (TPSA) is 76.2 Å². The molecule has 2 rings (SSSR count). The Balaban J connectivity index is 2.33. The minimum absolute atomic E-state index is 0.378. The van der Waals surface area contributed by atoms with Crippen LogP contribution < -0.4 is 5.73 Å². The van der Waals surface area contributed by atoms with Crippen LogP contribution in [-0.2, 0) is 12.0 Å². The zero-order valence-corrected chi connectivity index (χ0v) is 13.1. The van der Waals surface area contributed by atoms with Crippen LogP contribution in [0.25, 0.3) is 0 Å². The standard InChI is InChI=1S/C15H24N2O2S/c1-10(2)9-11-12(13(18)19)20-14(17-11)15(16)7-5-3-4-6-8-15/h10H,3-9,16H2,1-2H3,(H,18,19). The quantitative estimate of drug-likeness (QED) is 0.833. The third-order valence-electron chi connectivity index (χ3n) is 3.91. The number of nitrogens with zero attached hydrogens (tertiary/aromatic N) is 1. The van der Waals surface area contributed by atoms with Crippen LogP contribution in [0, 0.1) is 5.92 Å². The molecule has 0 unspecified atom stereocenters. The Bertz CT molecular complexity index is 474. The number of aromatic carboxylic acids is 1. The van der Waals surface area contributed by atoms with Crippen molar-refractivity contribution in [2.24, 2.45) is 11.7 Å². The van der Waals surface area contributed by atoms with Gasteiger partial charge in [-0.2, -0.15) is 0 Å². The molecule has 1 heterocycles. The Hall–Kier alpha value is -0.940. The molecule has 0 atom stereocenters. The van der Waals surface area contributed by atoms with Gasteiger partial charge in [0.1, 0.15) is 9.88 Å². The van der Waals surface area contributed by atoms with E-state index in [0.717, 1.165) is 30.7 Å². The second-order valence-electron chi connectivity index (χ2n) is 6.27. The number of carboxylic acid groups (broad SMARTS) is 1. The average Bonchev–Trinajstić information content (AvgIpc) is 2.65. The van der Waals surface area contributed by atoms with Crippen molar-refractivity contribution in [1.29, 1.82) is 0 Å². The molecule has 0 aromatic carbocycles. The van der Waals surface area contributed by atoms with Gasteiger partial charge in [-0.05, 0) is 25.2 Å². The Morgan fingerprint density at radius 1 is 1.35 bits per heavy atom. The van der Waals surface area contributed by atoms with Crippen LogP contribution in [-0.4, -0.2) is 16.1 Å². The fourth-order valence-corrected chi connectivity index (χ4v) is 3.92. The molecule has 0 spiro atoms. The normalized spacial score (nSPS) is 19.0. The predicted molar refractivity (Wildman–Crippen MR) is 81.2 cm³/mol. The Morgan fingerprint density at radius 2 is 1.95 bits per heavy atom. The first-order valence-electron chi connectivity index (χ1n) is 7.45. The molecule has 3 N–H and O–H groups in total.